The van der Waals surface area contributed by atoms with E-state index in [4.69, 9.17) is 0 Å². The van der Waals surface area contributed by atoms with Gasteiger partial charge in [-0.1, -0.05) is 12.1 Å². The van der Waals surface area contributed by atoms with Gasteiger partial charge in [-0.3, -0.25) is 4.79 Å². The summed E-state index contributed by atoms with van der Waals surface area (Å²) in [4.78, 5) is 28.7. The second-order valence-electron chi connectivity index (χ2n) is 7.13. The Morgan fingerprint density at radius 2 is 2.03 bits per heavy atom. The number of thiazole rings is 1. The van der Waals surface area contributed by atoms with E-state index in [2.05, 4.69) is 25.2 Å². The predicted octanol–water partition coefficient (Wildman–Crippen LogP) is 3.37. The zero-order valence-electron chi connectivity index (χ0n) is 16.1. The molecule has 1 aromatic carbocycles. The van der Waals surface area contributed by atoms with Crippen LogP contribution in [0, 0.1) is 12.7 Å². The molecule has 1 atom stereocenters. The SMILES string of the molecule is Cc1nc(Cc2ccc(F)cc2)sc1C(=O)N[C@H]1CCCN(c2ncccn2)C1. The summed E-state index contributed by atoms with van der Waals surface area (Å²) >= 11 is 1.40. The molecule has 150 valence electrons. The van der Waals surface area contributed by atoms with Crippen LogP contribution in [-0.2, 0) is 6.42 Å². The maximum Gasteiger partial charge on any atom is 0.263 e. The first-order valence-electron chi connectivity index (χ1n) is 9.62. The Balaban J connectivity index is 1.40. The zero-order valence-corrected chi connectivity index (χ0v) is 17.0. The molecule has 0 saturated carbocycles. The summed E-state index contributed by atoms with van der Waals surface area (Å²) < 4.78 is 13.1. The lowest BCUT2D eigenvalue weighted by molar-refractivity contribution is 0.0936. The zero-order chi connectivity index (χ0) is 20.2. The van der Waals surface area contributed by atoms with Crippen LogP contribution in [0.1, 0.15) is 38.8 Å². The van der Waals surface area contributed by atoms with Crippen LogP contribution in [0.25, 0.3) is 0 Å². The highest BCUT2D eigenvalue weighted by Crippen LogP contribution is 2.22. The summed E-state index contributed by atoms with van der Waals surface area (Å²) in [6, 6.07) is 8.20. The molecule has 3 aromatic rings. The van der Waals surface area contributed by atoms with E-state index in [-0.39, 0.29) is 17.8 Å². The third kappa shape index (κ3) is 4.76. The Bertz CT molecular complexity index is 976. The molecule has 29 heavy (non-hydrogen) atoms. The largest absolute Gasteiger partial charge is 0.347 e. The van der Waals surface area contributed by atoms with E-state index in [0.717, 1.165) is 35.7 Å². The van der Waals surface area contributed by atoms with Crippen molar-refractivity contribution in [1.29, 1.82) is 0 Å². The normalized spacial score (nSPS) is 16.6. The molecular formula is C21H22FN5OS. The summed E-state index contributed by atoms with van der Waals surface area (Å²) in [6.45, 7) is 3.43. The number of benzene rings is 1. The summed E-state index contributed by atoms with van der Waals surface area (Å²) in [5.74, 6) is 0.347. The van der Waals surface area contributed by atoms with Crippen molar-refractivity contribution >= 4 is 23.2 Å². The van der Waals surface area contributed by atoms with Gasteiger partial charge >= 0.3 is 0 Å². The summed E-state index contributed by atoms with van der Waals surface area (Å²) in [5, 5.41) is 3.99. The number of piperidine rings is 1. The smallest absolute Gasteiger partial charge is 0.263 e. The van der Waals surface area contributed by atoms with Crippen molar-refractivity contribution in [1.82, 2.24) is 20.3 Å². The molecule has 6 nitrogen and oxygen atoms in total. The van der Waals surface area contributed by atoms with Crippen molar-refractivity contribution in [3.05, 3.63) is 69.7 Å². The van der Waals surface area contributed by atoms with Gasteiger partial charge in [0.15, 0.2) is 0 Å². The highest BCUT2D eigenvalue weighted by Gasteiger charge is 2.25. The molecule has 0 aliphatic carbocycles. The van der Waals surface area contributed by atoms with Crippen LogP contribution in [0.5, 0.6) is 0 Å². The molecule has 0 spiro atoms. The topological polar surface area (TPSA) is 71.0 Å². The Kier molecular flexibility index (Phi) is 5.80. The number of rotatable bonds is 5. The van der Waals surface area contributed by atoms with Crippen molar-refractivity contribution < 1.29 is 9.18 Å². The molecule has 0 bridgehead atoms. The number of carbonyl (C=O) groups is 1. The van der Waals surface area contributed by atoms with E-state index >= 15 is 0 Å². The first-order valence-corrected chi connectivity index (χ1v) is 10.4. The van der Waals surface area contributed by atoms with Crippen molar-refractivity contribution in [2.24, 2.45) is 0 Å². The van der Waals surface area contributed by atoms with E-state index in [1.807, 2.05) is 6.92 Å². The number of aryl methyl sites for hydroxylation is 1. The average Bonchev–Trinajstić information content (AvgIpc) is 3.11. The first-order chi connectivity index (χ1) is 14.1. The monoisotopic (exact) mass is 411 g/mol. The van der Waals surface area contributed by atoms with Gasteiger partial charge in [-0.15, -0.1) is 11.3 Å². The number of nitrogens with zero attached hydrogens (tertiary/aromatic N) is 4. The second kappa shape index (κ2) is 8.65. The van der Waals surface area contributed by atoms with Crippen molar-refractivity contribution in [3.8, 4) is 0 Å². The standard InChI is InChI=1S/C21H22FN5OS/c1-14-19(29-18(25-14)12-15-5-7-16(22)8-6-15)20(28)26-17-4-2-11-27(13-17)21-23-9-3-10-24-21/h3,5-10,17H,2,4,11-13H2,1H3,(H,26,28)/t17-/m0/s1. The van der Waals surface area contributed by atoms with Gasteiger partial charge in [0.2, 0.25) is 5.95 Å². The Hall–Kier alpha value is -2.87. The highest BCUT2D eigenvalue weighted by molar-refractivity contribution is 7.13. The number of carbonyl (C=O) groups excluding carboxylic acids is 1. The lowest BCUT2D eigenvalue weighted by Gasteiger charge is -2.33. The molecule has 3 heterocycles. The number of hydrogen-bond donors (Lipinski definition) is 1. The maximum atomic E-state index is 13.1. The van der Waals surface area contributed by atoms with Crippen LogP contribution < -0.4 is 10.2 Å². The fourth-order valence-corrected chi connectivity index (χ4v) is 4.50. The predicted molar refractivity (Wildman–Crippen MR) is 111 cm³/mol. The van der Waals surface area contributed by atoms with Gasteiger partial charge in [-0.2, -0.15) is 0 Å². The number of amides is 1. The van der Waals surface area contributed by atoms with Gasteiger partial charge in [-0.05, 0) is 43.5 Å². The van der Waals surface area contributed by atoms with E-state index in [1.165, 1.54) is 23.5 Å². The number of anilines is 1. The molecule has 1 aliphatic rings. The fraction of sp³-hybridized carbons (Fsp3) is 0.333. The molecule has 1 N–H and O–H groups in total. The van der Waals surface area contributed by atoms with Crippen LogP contribution in [0.4, 0.5) is 10.3 Å². The number of nitrogens with one attached hydrogen (secondary N) is 1. The van der Waals surface area contributed by atoms with Gasteiger partial charge < -0.3 is 10.2 Å². The molecule has 0 radical (unpaired) electrons. The minimum absolute atomic E-state index is 0.0436. The quantitative estimate of drug-likeness (QED) is 0.697. The third-order valence-corrected chi connectivity index (χ3v) is 6.06. The fourth-order valence-electron chi connectivity index (χ4n) is 3.50. The van der Waals surface area contributed by atoms with Gasteiger partial charge in [0, 0.05) is 37.9 Å². The van der Waals surface area contributed by atoms with Gasteiger partial charge in [0.25, 0.3) is 5.91 Å². The minimum Gasteiger partial charge on any atom is -0.347 e. The van der Waals surface area contributed by atoms with Crippen LogP contribution in [0.15, 0.2) is 42.7 Å². The molecule has 2 aromatic heterocycles. The van der Waals surface area contributed by atoms with Gasteiger partial charge in [-0.25, -0.2) is 19.3 Å². The lowest BCUT2D eigenvalue weighted by atomic mass is 10.1. The lowest BCUT2D eigenvalue weighted by Crippen LogP contribution is -2.48. The van der Waals surface area contributed by atoms with Crippen LogP contribution in [0.2, 0.25) is 0 Å². The molecule has 1 amide bonds. The summed E-state index contributed by atoms with van der Waals surface area (Å²) in [7, 11) is 0. The van der Waals surface area contributed by atoms with E-state index in [1.54, 1.807) is 30.6 Å². The van der Waals surface area contributed by atoms with Crippen LogP contribution in [-0.4, -0.2) is 40.0 Å². The minimum atomic E-state index is -0.258. The molecule has 1 aliphatic heterocycles. The maximum absolute atomic E-state index is 13.1. The molecule has 1 fully saturated rings. The average molecular weight is 412 g/mol. The number of hydrogen-bond acceptors (Lipinski definition) is 6. The molecule has 8 heteroatoms. The van der Waals surface area contributed by atoms with E-state index in [9.17, 15) is 9.18 Å². The molecular weight excluding hydrogens is 389 g/mol. The van der Waals surface area contributed by atoms with Crippen molar-refractivity contribution in [3.63, 3.8) is 0 Å². The van der Waals surface area contributed by atoms with Crippen LogP contribution >= 0.6 is 11.3 Å². The third-order valence-electron chi connectivity index (χ3n) is 4.91. The highest BCUT2D eigenvalue weighted by atomic mass is 32.1. The van der Waals surface area contributed by atoms with E-state index < -0.39 is 0 Å². The van der Waals surface area contributed by atoms with Gasteiger partial charge in [0.1, 0.15) is 10.7 Å². The van der Waals surface area contributed by atoms with Gasteiger partial charge in [0.05, 0.1) is 10.7 Å². The molecule has 4 rings (SSSR count). The Morgan fingerprint density at radius 1 is 1.28 bits per heavy atom. The number of halogens is 1. The first kappa shape index (κ1) is 19.4. The summed E-state index contributed by atoms with van der Waals surface area (Å²) in [5.41, 5.74) is 1.70. The van der Waals surface area contributed by atoms with Crippen LogP contribution in [0.3, 0.4) is 0 Å². The molecule has 1 saturated heterocycles. The Morgan fingerprint density at radius 3 is 2.79 bits per heavy atom. The summed E-state index contributed by atoms with van der Waals surface area (Å²) in [6.07, 6.45) is 5.94. The second-order valence-corrected chi connectivity index (χ2v) is 8.22. The van der Waals surface area contributed by atoms with E-state index in [0.29, 0.717) is 23.8 Å². The Labute approximate surface area is 172 Å². The van der Waals surface area contributed by atoms with Crippen molar-refractivity contribution in [2.45, 2.75) is 32.2 Å². The number of aromatic nitrogens is 3. The molecule has 0 unspecified atom stereocenters. The van der Waals surface area contributed by atoms with Crippen molar-refractivity contribution in [2.75, 3.05) is 18.0 Å².